The van der Waals surface area contributed by atoms with Crippen LogP contribution in [0, 0.1) is 0 Å². The molecule has 0 aliphatic carbocycles. The molecule has 1 aliphatic rings. The molecule has 1 amide bonds. The Kier molecular flexibility index (Phi) is 4.19. The normalized spacial score (nSPS) is 17.5. The summed E-state index contributed by atoms with van der Waals surface area (Å²) in [5.41, 5.74) is 2.22. The van der Waals surface area contributed by atoms with Crippen molar-refractivity contribution in [3.8, 4) is 17.0 Å². The highest BCUT2D eigenvalue weighted by molar-refractivity contribution is 5.77. The largest absolute Gasteiger partial charge is 0.435 e. The molecule has 0 bridgehead atoms. The van der Waals surface area contributed by atoms with Gasteiger partial charge in [-0.25, -0.2) is 9.50 Å². The molecule has 1 aromatic carbocycles. The first-order valence-corrected chi connectivity index (χ1v) is 8.13. The zero-order chi connectivity index (χ0) is 18.1. The average molecular weight is 359 g/mol. The van der Waals surface area contributed by atoms with Gasteiger partial charge in [0.25, 0.3) is 5.78 Å². The molecular weight excluding hydrogens is 344 g/mol. The maximum Gasteiger partial charge on any atom is 0.387 e. The Balaban J connectivity index is 1.73. The maximum absolute atomic E-state index is 12.3. The van der Waals surface area contributed by atoms with Crippen LogP contribution in [0.1, 0.15) is 24.5 Å². The van der Waals surface area contributed by atoms with Crippen LogP contribution in [-0.4, -0.2) is 38.6 Å². The number of alkyl halides is 2. The summed E-state index contributed by atoms with van der Waals surface area (Å²) in [7, 11) is 0. The van der Waals surface area contributed by atoms with E-state index in [0.29, 0.717) is 24.4 Å². The molecule has 134 valence electrons. The summed E-state index contributed by atoms with van der Waals surface area (Å²) in [6.07, 6.45) is 2.59. The predicted octanol–water partition coefficient (Wildman–Crippen LogP) is 2.39. The standard InChI is InChI=1S/C17H15F2N5O2/c18-16(19)26-12-3-1-10(2-4-12)13-8-14(11-5-6-20-15(25)7-11)24-17(23-13)21-9-22-24/h1-4,8-9,11,16H,5-7H2,(H,20,25). The van der Waals surface area contributed by atoms with Crippen molar-refractivity contribution in [2.45, 2.75) is 25.4 Å². The van der Waals surface area contributed by atoms with E-state index < -0.39 is 6.61 Å². The van der Waals surface area contributed by atoms with Crippen molar-refractivity contribution in [3.05, 3.63) is 42.4 Å². The minimum atomic E-state index is -2.87. The number of piperidine rings is 1. The quantitative estimate of drug-likeness (QED) is 0.774. The van der Waals surface area contributed by atoms with E-state index in [9.17, 15) is 13.6 Å². The van der Waals surface area contributed by atoms with E-state index >= 15 is 0 Å². The highest BCUT2D eigenvalue weighted by Crippen LogP contribution is 2.29. The van der Waals surface area contributed by atoms with Crippen molar-refractivity contribution >= 4 is 11.7 Å². The lowest BCUT2D eigenvalue weighted by Crippen LogP contribution is -2.33. The molecule has 7 nitrogen and oxygen atoms in total. The molecule has 0 radical (unpaired) electrons. The fourth-order valence-corrected chi connectivity index (χ4v) is 3.12. The molecule has 3 heterocycles. The van der Waals surface area contributed by atoms with Crippen molar-refractivity contribution in [2.24, 2.45) is 0 Å². The average Bonchev–Trinajstić information content (AvgIpc) is 3.09. The number of nitrogens with one attached hydrogen (secondary N) is 1. The zero-order valence-electron chi connectivity index (χ0n) is 13.6. The van der Waals surface area contributed by atoms with E-state index in [-0.39, 0.29) is 17.6 Å². The van der Waals surface area contributed by atoms with Crippen LogP contribution in [0.15, 0.2) is 36.7 Å². The van der Waals surface area contributed by atoms with Crippen LogP contribution in [0.5, 0.6) is 5.75 Å². The molecule has 1 aliphatic heterocycles. The molecule has 0 saturated carbocycles. The Bertz CT molecular complexity index is 942. The number of hydrogen-bond acceptors (Lipinski definition) is 5. The second kappa shape index (κ2) is 6.66. The van der Waals surface area contributed by atoms with Crippen molar-refractivity contribution in [1.82, 2.24) is 24.9 Å². The first-order valence-electron chi connectivity index (χ1n) is 8.13. The third kappa shape index (κ3) is 3.19. The van der Waals surface area contributed by atoms with Crippen molar-refractivity contribution in [2.75, 3.05) is 6.54 Å². The Labute approximate surface area is 147 Å². The molecule has 9 heteroatoms. The molecule has 4 rings (SSSR count). The lowest BCUT2D eigenvalue weighted by Gasteiger charge is -2.23. The van der Waals surface area contributed by atoms with Crippen LogP contribution < -0.4 is 10.1 Å². The van der Waals surface area contributed by atoms with Crippen LogP contribution in [0.4, 0.5) is 8.78 Å². The molecule has 1 unspecified atom stereocenters. The highest BCUT2D eigenvalue weighted by Gasteiger charge is 2.24. The second-order valence-corrected chi connectivity index (χ2v) is 5.98. The van der Waals surface area contributed by atoms with Gasteiger partial charge in [0, 0.05) is 24.4 Å². The lowest BCUT2D eigenvalue weighted by molar-refractivity contribution is -0.122. The van der Waals surface area contributed by atoms with Gasteiger partial charge in [-0.05, 0) is 36.8 Å². The number of amides is 1. The molecule has 1 saturated heterocycles. The number of fused-ring (bicyclic) bond motifs is 1. The Morgan fingerprint density at radius 2 is 2.08 bits per heavy atom. The number of hydrogen-bond donors (Lipinski definition) is 1. The second-order valence-electron chi connectivity index (χ2n) is 5.98. The van der Waals surface area contributed by atoms with Crippen molar-refractivity contribution < 1.29 is 18.3 Å². The molecule has 0 spiro atoms. The summed E-state index contributed by atoms with van der Waals surface area (Å²) in [5, 5.41) is 7.03. The third-order valence-corrected chi connectivity index (χ3v) is 4.32. The van der Waals surface area contributed by atoms with E-state index in [0.717, 1.165) is 17.7 Å². The Morgan fingerprint density at radius 1 is 1.27 bits per heavy atom. The van der Waals surface area contributed by atoms with Crippen molar-refractivity contribution in [1.29, 1.82) is 0 Å². The number of aromatic nitrogens is 4. The van der Waals surface area contributed by atoms with Crippen LogP contribution in [0.2, 0.25) is 0 Å². The van der Waals surface area contributed by atoms with Crippen molar-refractivity contribution in [3.63, 3.8) is 0 Å². The van der Waals surface area contributed by atoms with Crippen LogP contribution in [0.3, 0.4) is 0 Å². The summed E-state index contributed by atoms with van der Waals surface area (Å²) in [6.45, 7) is -2.26. The van der Waals surface area contributed by atoms with Gasteiger partial charge in [0.1, 0.15) is 12.1 Å². The summed E-state index contributed by atoms with van der Waals surface area (Å²) in [6, 6.07) is 8.11. The van der Waals surface area contributed by atoms with Gasteiger partial charge < -0.3 is 10.1 Å². The number of carbonyl (C=O) groups is 1. The first kappa shape index (κ1) is 16.4. The van der Waals surface area contributed by atoms with E-state index in [4.69, 9.17) is 0 Å². The SMILES string of the molecule is O=C1CC(c2cc(-c3ccc(OC(F)F)cc3)nc3ncnn23)CCN1. The van der Waals surface area contributed by atoms with Gasteiger partial charge in [-0.3, -0.25) is 4.79 Å². The predicted molar refractivity (Wildman–Crippen MR) is 87.8 cm³/mol. The zero-order valence-corrected chi connectivity index (χ0v) is 13.6. The first-order chi connectivity index (χ1) is 12.6. The van der Waals surface area contributed by atoms with Gasteiger partial charge in [-0.1, -0.05) is 0 Å². The molecular formula is C17H15F2N5O2. The van der Waals surface area contributed by atoms with E-state index in [1.165, 1.54) is 18.5 Å². The third-order valence-electron chi connectivity index (χ3n) is 4.32. The molecule has 1 atom stereocenters. The fourth-order valence-electron chi connectivity index (χ4n) is 3.12. The highest BCUT2D eigenvalue weighted by atomic mass is 19.3. The molecule has 3 aromatic rings. The van der Waals surface area contributed by atoms with E-state index in [1.807, 2.05) is 6.07 Å². The van der Waals surface area contributed by atoms with Gasteiger partial charge in [0.05, 0.1) is 11.4 Å². The smallest absolute Gasteiger partial charge is 0.387 e. The number of benzene rings is 1. The van der Waals surface area contributed by atoms with Crippen LogP contribution in [-0.2, 0) is 4.79 Å². The molecule has 2 aromatic heterocycles. The molecule has 26 heavy (non-hydrogen) atoms. The summed E-state index contributed by atoms with van der Waals surface area (Å²) < 4.78 is 30.6. The van der Waals surface area contributed by atoms with Crippen LogP contribution in [0.25, 0.3) is 17.0 Å². The van der Waals surface area contributed by atoms with Gasteiger partial charge in [0.2, 0.25) is 5.91 Å². The van der Waals surface area contributed by atoms with Gasteiger partial charge in [0.15, 0.2) is 0 Å². The number of halogens is 2. The Morgan fingerprint density at radius 3 is 2.81 bits per heavy atom. The van der Waals surface area contributed by atoms with Crippen LogP contribution >= 0.6 is 0 Å². The topological polar surface area (TPSA) is 81.4 Å². The Hall–Kier alpha value is -3.10. The monoisotopic (exact) mass is 359 g/mol. The fraction of sp³-hybridized carbons (Fsp3) is 0.294. The van der Waals surface area contributed by atoms with Gasteiger partial charge >= 0.3 is 6.61 Å². The number of carbonyl (C=O) groups excluding carboxylic acids is 1. The molecule has 1 N–H and O–H groups in total. The summed E-state index contributed by atoms with van der Waals surface area (Å²) in [4.78, 5) is 20.4. The number of nitrogens with zero attached hydrogens (tertiary/aromatic N) is 4. The summed E-state index contributed by atoms with van der Waals surface area (Å²) in [5.74, 6) is 0.519. The molecule has 1 fully saturated rings. The number of ether oxygens (including phenoxy) is 1. The lowest BCUT2D eigenvalue weighted by atomic mass is 9.93. The minimum Gasteiger partial charge on any atom is -0.435 e. The maximum atomic E-state index is 12.3. The number of rotatable bonds is 4. The van der Waals surface area contributed by atoms with Gasteiger partial charge in [-0.15, -0.1) is 0 Å². The minimum absolute atomic E-state index is 0.00128. The van der Waals surface area contributed by atoms with E-state index in [1.54, 1.807) is 16.6 Å². The van der Waals surface area contributed by atoms with E-state index in [2.05, 4.69) is 25.1 Å². The summed E-state index contributed by atoms with van der Waals surface area (Å²) >= 11 is 0. The van der Waals surface area contributed by atoms with Gasteiger partial charge in [-0.2, -0.15) is 18.9 Å².